The molecule has 0 aliphatic rings. The summed E-state index contributed by atoms with van der Waals surface area (Å²) in [4.78, 5) is 25.6. The molecule has 4 rings (SSSR count). The lowest BCUT2D eigenvalue weighted by molar-refractivity contribution is 0.0734. The summed E-state index contributed by atoms with van der Waals surface area (Å²) in [6.07, 6.45) is 3.14. The van der Waals surface area contributed by atoms with Crippen LogP contribution in [0.25, 0.3) is 17.0 Å². The molecule has 0 unspecified atom stereocenters. The van der Waals surface area contributed by atoms with Crippen molar-refractivity contribution in [1.82, 2.24) is 0 Å². The van der Waals surface area contributed by atoms with E-state index in [0.717, 1.165) is 5.56 Å². The third-order valence-electron chi connectivity index (χ3n) is 5.54. The van der Waals surface area contributed by atoms with Crippen LogP contribution in [0.1, 0.15) is 39.0 Å². The molecule has 36 heavy (non-hydrogen) atoms. The second kappa shape index (κ2) is 10.8. The van der Waals surface area contributed by atoms with E-state index in [0.29, 0.717) is 57.5 Å². The molecule has 1 heterocycles. The Labute approximate surface area is 208 Å². The number of carbonyl (C=O) groups excluding carboxylic acids is 2. The van der Waals surface area contributed by atoms with Gasteiger partial charge in [0.25, 0.3) is 0 Å². The number of furan rings is 1. The van der Waals surface area contributed by atoms with Gasteiger partial charge in [-0.3, -0.25) is 4.79 Å². The highest BCUT2D eigenvalue weighted by molar-refractivity contribution is 6.09. The summed E-state index contributed by atoms with van der Waals surface area (Å²) in [6.45, 7) is 4.13. The molecule has 0 saturated carbocycles. The first-order valence-corrected chi connectivity index (χ1v) is 11.4. The molecule has 7 heteroatoms. The van der Waals surface area contributed by atoms with Crippen molar-refractivity contribution in [2.45, 2.75) is 13.8 Å². The zero-order chi connectivity index (χ0) is 25.7. The molecule has 0 radical (unpaired) electrons. The van der Waals surface area contributed by atoms with Crippen molar-refractivity contribution in [3.05, 3.63) is 89.2 Å². The number of benzene rings is 3. The van der Waals surface area contributed by atoms with Gasteiger partial charge >= 0.3 is 5.97 Å². The smallest absolute Gasteiger partial charge is 0.347 e. The van der Waals surface area contributed by atoms with Crippen LogP contribution in [0.3, 0.4) is 0 Å². The first-order chi connectivity index (χ1) is 17.4. The van der Waals surface area contributed by atoms with Crippen LogP contribution in [-0.2, 0) is 0 Å². The van der Waals surface area contributed by atoms with Gasteiger partial charge in [-0.2, -0.15) is 0 Å². The van der Waals surface area contributed by atoms with Crippen LogP contribution in [-0.4, -0.2) is 32.6 Å². The van der Waals surface area contributed by atoms with Gasteiger partial charge in [-0.25, -0.2) is 4.79 Å². The van der Waals surface area contributed by atoms with E-state index in [1.165, 1.54) is 13.2 Å². The number of carbonyl (C=O) groups is 2. The van der Waals surface area contributed by atoms with Gasteiger partial charge in [-0.1, -0.05) is 18.2 Å². The minimum Gasteiger partial charge on any atom is -0.497 e. The van der Waals surface area contributed by atoms with E-state index in [1.54, 1.807) is 80.8 Å². The molecule has 3 aromatic carbocycles. The number of esters is 1. The average molecular weight is 487 g/mol. The minimum absolute atomic E-state index is 0.209. The number of fused-ring (bicyclic) bond motifs is 1. The lowest BCUT2D eigenvalue weighted by Crippen LogP contribution is -2.09. The highest BCUT2D eigenvalue weighted by atomic mass is 16.5. The maximum atomic E-state index is 12.9. The predicted molar refractivity (Wildman–Crippen MR) is 136 cm³/mol. The second-order valence-electron chi connectivity index (χ2n) is 7.85. The number of ketones is 1. The summed E-state index contributed by atoms with van der Waals surface area (Å²) in [7, 11) is 3.05. The monoisotopic (exact) mass is 486 g/mol. The van der Waals surface area contributed by atoms with Crippen LogP contribution in [0.5, 0.6) is 23.0 Å². The summed E-state index contributed by atoms with van der Waals surface area (Å²) in [5.41, 5.74) is 2.13. The fraction of sp³-hybridized carbons (Fsp3) is 0.172. The van der Waals surface area contributed by atoms with Gasteiger partial charge in [0.05, 0.1) is 26.4 Å². The highest BCUT2D eigenvalue weighted by Gasteiger charge is 2.21. The van der Waals surface area contributed by atoms with E-state index in [9.17, 15) is 9.59 Å². The largest absolute Gasteiger partial charge is 0.497 e. The van der Waals surface area contributed by atoms with Crippen molar-refractivity contribution in [3.63, 3.8) is 0 Å². The molecule has 184 valence electrons. The number of aryl methyl sites for hydroxylation is 1. The fourth-order valence-corrected chi connectivity index (χ4v) is 3.78. The molecule has 0 fully saturated rings. The van der Waals surface area contributed by atoms with Crippen molar-refractivity contribution < 1.29 is 33.0 Å². The molecule has 1 aromatic heterocycles. The molecule has 0 aliphatic carbocycles. The van der Waals surface area contributed by atoms with Crippen LogP contribution in [0.2, 0.25) is 0 Å². The lowest BCUT2D eigenvalue weighted by Gasteiger charge is -2.08. The quantitative estimate of drug-likeness (QED) is 0.119. The summed E-state index contributed by atoms with van der Waals surface area (Å²) < 4.78 is 27.3. The molecule has 0 N–H and O–H groups in total. The van der Waals surface area contributed by atoms with E-state index >= 15 is 0 Å². The van der Waals surface area contributed by atoms with Gasteiger partial charge < -0.3 is 23.4 Å². The topological polar surface area (TPSA) is 84.2 Å². The Bertz CT molecular complexity index is 1430. The van der Waals surface area contributed by atoms with Crippen molar-refractivity contribution in [2.75, 3.05) is 20.8 Å². The van der Waals surface area contributed by atoms with Crippen molar-refractivity contribution in [2.24, 2.45) is 0 Å². The Kier molecular flexibility index (Phi) is 7.39. The van der Waals surface area contributed by atoms with Crippen molar-refractivity contribution >= 4 is 28.8 Å². The molecular formula is C29H26O7. The number of allylic oxidation sites excluding steroid dienone is 1. The van der Waals surface area contributed by atoms with Crippen molar-refractivity contribution in [1.29, 1.82) is 0 Å². The summed E-state index contributed by atoms with van der Waals surface area (Å²) in [6, 6.07) is 17.2. The molecule has 7 nitrogen and oxygen atoms in total. The molecule has 0 spiro atoms. The molecule has 0 aliphatic heterocycles. The molecule has 0 saturated heterocycles. The predicted octanol–water partition coefficient (Wildman–Crippen LogP) is 6.27. The van der Waals surface area contributed by atoms with Crippen LogP contribution >= 0.6 is 0 Å². The normalized spacial score (nSPS) is 11.0. The molecule has 4 aromatic rings. The standard InChI is InChI=1S/C29H26O7/c1-5-34-22-12-15-26-24(16-22)28(18(2)35-26)29(31)36-20-9-6-19(7-10-20)8-14-25(30)23-13-11-21(32-3)17-27(23)33-4/h6-17H,5H2,1-4H3/b14-8+. The summed E-state index contributed by atoms with van der Waals surface area (Å²) in [5.74, 6) is 1.79. The zero-order valence-corrected chi connectivity index (χ0v) is 20.5. The summed E-state index contributed by atoms with van der Waals surface area (Å²) in [5, 5.41) is 0.635. The fourth-order valence-electron chi connectivity index (χ4n) is 3.78. The third-order valence-corrected chi connectivity index (χ3v) is 5.54. The minimum atomic E-state index is -0.523. The van der Waals surface area contributed by atoms with E-state index in [2.05, 4.69) is 0 Å². The Morgan fingerprint density at radius 1 is 0.889 bits per heavy atom. The van der Waals surface area contributed by atoms with E-state index in [-0.39, 0.29) is 5.78 Å². The zero-order valence-electron chi connectivity index (χ0n) is 20.5. The number of hydrogen-bond acceptors (Lipinski definition) is 7. The van der Waals surface area contributed by atoms with Crippen LogP contribution < -0.4 is 18.9 Å². The first kappa shape index (κ1) is 24.6. The van der Waals surface area contributed by atoms with E-state index in [4.69, 9.17) is 23.4 Å². The van der Waals surface area contributed by atoms with Gasteiger partial charge in [-0.15, -0.1) is 0 Å². The molecule has 0 bridgehead atoms. The second-order valence-corrected chi connectivity index (χ2v) is 7.85. The maximum Gasteiger partial charge on any atom is 0.347 e. The van der Waals surface area contributed by atoms with Crippen LogP contribution in [0.4, 0.5) is 0 Å². The number of rotatable bonds is 9. The summed E-state index contributed by atoms with van der Waals surface area (Å²) >= 11 is 0. The van der Waals surface area contributed by atoms with Crippen molar-refractivity contribution in [3.8, 4) is 23.0 Å². The van der Waals surface area contributed by atoms with Gasteiger partial charge in [0, 0.05) is 11.5 Å². The average Bonchev–Trinajstić information content (AvgIpc) is 3.22. The molecule has 0 amide bonds. The van der Waals surface area contributed by atoms with Gasteiger partial charge in [0.2, 0.25) is 0 Å². The first-order valence-electron chi connectivity index (χ1n) is 11.4. The SMILES string of the molecule is CCOc1ccc2oc(C)c(C(=O)Oc3ccc(/C=C/C(=O)c4ccc(OC)cc4OC)cc3)c2c1. The molecular weight excluding hydrogens is 460 g/mol. The van der Waals surface area contributed by atoms with Crippen LogP contribution in [0.15, 0.2) is 71.2 Å². The Morgan fingerprint density at radius 3 is 2.31 bits per heavy atom. The Hall–Kier alpha value is -4.52. The third kappa shape index (κ3) is 5.25. The van der Waals surface area contributed by atoms with E-state index < -0.39 is 5.97 Å². The van der Waals surface area contributed by atoms with Gasteiger partial charge in [-0.05, 0) is 68.0 Å². The molecule has 0 atom stereocenters. The van der Waals surface area contributed by atoms with E-state index in [1.807, 2.05) is 6.92 Å². The van der Waals surface area contributed by atoms with Crippen LogP contribution in [0, 0.1) is 6.92 Å². The maximum absolute atomic E-state index is 12.9. The highest BCUT2D eigenvalue weighted by Crippen LogP contribution is 2.30. The Balaban J connectivity index is 1.47. The Morgan fingerprint density at radius 2 is 1.61 bits per heavy atom. The van der Waals surface area contributed by atoms with Gasteiger partial charge in [0.1, 0.15) is 39.9 Å². The number of ether oxygens (including phenoxy) is 4. The van der Waals surface area contributed by atoms with Gasteiger partial charge in [0.15, 0.2) is 5.78 Å². The number of hydrogen-bond donors (Lipinski definition) is 0. The lowest BCUT2D eigenvalue weighted by atomic mass is 10.1. The number of methoxy groups -OCH3 is 2.